The average molecular weight is 194 g/mol. The zero-order chi connectivity index (χ0) is 10.1. The van der Waals surface area contributed by atoms with E-state index in [0.29, 0.717) is 24.6 Å². The predicted octanol–water partition coefficient (Wildman–Crippen LogP) is 2.21. The third-order valence-electron chi connectivity index (χ3n) is 2.40. The van der Waals surface area contributed by atoms with Gasteiger partial charge in [0.2, 0.25) is 0 Å². The van der Waals surface area contributed by atoms with Gasteiger partial charge in [-0.15, -0.1) is 0 Å². The van der Waals surface area contributed by atoms with Crippen molar-refractivity contribution in [3.8, 4) is 5.75 Å². The summed E-state index contributed by atoms with van der Waals surface area (Å²) in [6, 6.07) is 2.87. The molecular formula is C11H11FO2. The number of hydrogen-bond donors (Lipinski definition) is 0. The summed E-state index contributed by atoms with van der Waals surface area (Å²) in [6.45, 7) is 2.69. The van der Waals surface area contributed by atoms with Crippen LogP contribution >= 0.6 is 0 Å². The number of aldehydes is 1. The Kier molecular flexibility index (Phi) is 2.23. The van der Waals surface area contributed by atoms with Crippen LogP contribution in [0.15, 0.2) is 12.1 Å². The van der Waals surface area contributed by atoms with Gasteiger partial charge in [0.15, 0.2) is 6.29 Å². The third-order valence-corrected chi connectivity index (χ3v) is 2.40. The second kappa shape index (κ2) is 3.40. The maximum Gasteiger partial charge on any atom is 0.153 e. The minimum Gasteiger partial charge on any atom is -0.493 e. The third kappa shape index (κ3) is 1.50. The van der Waals surface area contributed by atoms with Gasteiger partial charge in [0, 0.05) is 0 Å². The maximum absolute atomic E-state index is 13.2. The Balaban J connectivity index is 2.45. The molecule has 0 N–H and O–H groups in total. The Morgan fingerprint density at radius 2 is 2.36 bits per heavy atom. The van der Waals surface area contributed by atoms with E-state index in [1.54, 1.807) is 0 Å². The number of carbonyl (C=O) groups excluding carboxylic acids is 1. The molecule has 2 nitrogen and oxygen atoms in total. The van der Waals surface area contributed by atoms with E-state index in [1.807, 2.05) is 0 Å². The van der Waals surface area contributed by atoms with Crippen LogP contribution in [-0.2, 0) is 6.42 Å². The molecule has 1 heterocycles. The molecule has 0 amide bonds. The van der Waals surface area contributed by atoms with Crippen LogP contribution in [0, 0.1) is 11.7 Å². The van der Waals surface area contributed by atoms with Gasteiger partial charge in [-0.05, 0) is 30.0 Å². The fourth-order valence-electron chi connectivity index (χ4n) is 1.66. The minimum atomic E-state index is -0.462. The van der Waals surface area contributed by atoms with Crippen molar-refractivity contribution < 1.29 is 13.9 Å². The first kappa shape index (κ1) is 9.19. The fraction of sp³-hybridized carbons (Fsp3) is 0.364. The summed E-state index contributed by atoms with van der Waals surface area (Å²) < 4.78 is 18.6. The normalized spacial score (nSPS) is 19.7. The number of carbonyl (C=O) groups is 1. The van der Waals surface area contributed by atoms with E-state index < -0.39 is 5.82 Å². The number of halogens is 1. The summed E-state index contributed by atoms with van der Waals surface area (Å²) in [5.41, 5.74) is 0.921. The van der Waals surface area contributed by atoms with E-state index in [-0.39, 0.29) is 5.56 Å². The van der Waals surface area contributed by atoms with Crippen LogP contribution in [0.1, 0.15) is 22.8 Å². The molecule has 1 aliphatic heterocycles. The molecule has 0 saturated heterocycles. The standard InChI is InChI=1S/C11H11FO2/c1-7-2-8-3-10(12)9(5-13)4-11(8)14-6-7/h3-5,7H,2,6H2,1H3. The van der Waals surface area contributed by atoms with Crippen LogP contribution in [0.25, 0.3) is 0 Å². The zero-order valence-corrected chi connectivity index (χ0v) is 7.92. The molecule has 0 aliphatic carbocycles. The SMILES string of the molecule is CC1COc2cc(C=O)c(F)cc2C1. The molecule has 1 unspecified atom stereocenters. The summed E-state index contributed by atoms with van der Waals surface area (Å²) in [6.07, 6.45) is 1.32. The smallest absolute Gasteiger partial charge is 0.153 e. The Labute approximate surface area is 81.7 Å². The highest BCUT2D eigenvalue weighted by Gasteiger charge is 2.18. The lowest BCUT2D eigenvalue weighted by molar-refractivity contribution is 0.111. The topological polar surface area (TPSA) is 26.3 Å². The monoisotopic (exact) mass is 194 g/mol. The molecule has 0 aromatic heterocycles. The van der Waals surface area contributed by atoms with Gasteiger partial charge in [0.1, 0.15) is 11.6 Å². The van der Waals surface area contributed by atoms with Crippen molar-refractivity contribution >= 4 is 6.29 Å². The molecule has 0 radical (unpaired) electrons. The Bertz CT molecular complexity index is 374. The highest BCUT2D eigenvalue weighted by Crippen LogP contribution is 2.29. The summed E-state index contributed by atoms with van der Waals surface area (Å²) >= 11 is 0. The first-order chi connectivity index (χ1) is 6.70. The van der Waals surface area contributed by atoms with Crippen molar-refractivity contribution in [1.82, 2.24) is 0 Å². The molecule has 1 atom stereocenters. The minimum absolute atomic E-state index is 0.0679. The zero-order valence-electron chi connectivity index (χ0n) is 7.92. The van der Waals surface area contributed by atoms with E-state index >= 15 is 0 Å². The molecular weight excluding hydrogens is 183 g/mol. The first-order valence-electron chi connectivity index (χ1n) is 4.61. The van der Waals surface area contributed by atoms with Crippen molar-refractivity contribution in [2.24, 2.45) is 5.92 Å². The highest BCUT2D eigenvalue weighted by molar-refractivity contribution is 5.76. The predicted molar refractivity (Wildman–Crippen MR) is 50.2 cm³/mol. The lowest BCUT2D eigenvalue weighted by Crippen LogP contribution is -2.18. The quantitative estimate of drug-likeness (QED) is 0.641. The van der Waals surface area contributed by atoms with Gasteiger partial charge in [-0.25, -0.2) is 4.39 Å². The van der Waals surface area contributed by atoms with Crippen LogP contribution in [0.2, 0.25) is 0 Å². The number of fused-ring (bicyclic) bond motifs is 1. The summed E-state index contributed by atoms with van der Waals surface area (Å²) in [7, 11) is 0. The van der Waals surface area contributed by atoms with Gasteiger partial charge in [-0.2, -0.15) is 0 Å². The molecule has 0 bridgehead atoms. The molecule has 1 aliphatic rings. The van der Waals surface area contributed by atoms with Gasteiger partial charge in [-0.3, -0.25) is 4.79 Å². The number of hydrogen-bond acceptors (Lipinski definition) is 2. The summed E-state index contributed by atoms with van der Waals surface area (Å²) in [4.78, 5) is 10.5. The molecule has 3 heteroatoms. The van der Waals surface area contributed by atoms with Gasteiger partial charge in [0.05, 0.1) is 12.2 Å². The van der Waals surface area contributed by atoms with Crippen molar-refractivity contribution in [1.29, 1.82) is 0 Å². The Hall–Kier alpha value is -1.38. The highest BCUT2D eigenvalue weighted by atomic mass is 19.1. The van der Waals surface area contributed by atoms with Crippen molar-refractivity contribution in [2.45, 2.75) is 13.3 Å². The Morgan fingerprint density at radius 1 is 1.57 bits per heavy atom. The van der Waals surface area contributed by atoms with Crippen molar-refractivity contribution in [2.75, 3.05) is 6.61 Å². The summed E-state index contributed by atoms with van der Waals surface area (Å²) in [5.74, 6) is 0.590. The molecule has 2 rings (SSSR count). The fourth-order valence-corrected chi connectivity index (χ4v) is 1.66. The lowest BCUT2D eigenvalue weighted by Gasteiger charge is -2.22. The molecule has 0 saturated carbocycles. The summed E-state index contributed by atoms with van der Waals surface area (Å²) in [5, 5.41) is 0. The second-order valence-electron chi connectivity index (χ2n) is 3.72. The lowest BCUT2D eigenvalue weighted by atomic mass is 9.97. The second-order valence-corrected chi connectivity index (χ2v) is 3.72. The number of benzene rings is 1. The molecule has 1 aromatic rings. The van der Waals surface area contributed by atoms with Gasteiger partial charge in [-0.1, -0.05) is 6.92 Å². The molecule has 74 valence electrons. The maximum atomic E-state index is 13.2. The molecule has 1 aromatic carbocycles. The van der Waals surface area contributed by atoms with Gasteiger partial charge < -0.3 is 4.74 Å². The number of ether oxygens (including phenoxy) is 1. The molecule has 0 spiro atoms. The van der Waals surface area contributed by atoms with Crippen LogP contribution in [0.5, 0.6) is 5.75 Å². The van der Waals surface area contributed by atoms with E-state index in [0.717, 1.165) is 12.0 Å². The van der Waals surface area contributed by atoms with Crippen LogP contribution < -0.4 is 4.74 Å². The van der Waals surface area contributed by atoms with E-state index in [2.05, 4.69) is 6.92 Å². The molecule has 14 heavy (non-hydrogen) atoms. The van der Waals surface area contributed by atoms with E-state index in [9.17, 15) is 9.18 Å². The average Bonchev–Trinajstić information content (AvgIpc) is 2.16. The van der Waals surface area contributed by atoms with E-state index in [4.69, 9.17) is 4.74 Å². The van der Waals surface area contributed by atoms with Crippen molar-refractivity contribution in [3.05, 3.63) is 29.1 Å². The molecule has 0 fully saturated rings. The largest absolute Gasteiger partial charge is 0.493 e. The van der Waals surface area contributed by atoms with Crippen molar-refractivity contribution in [3.63, 3.8) is 0 Å². The van der Waals surface area contributed by atoms with Gasteiger partial charge >= 0.3 is 0 Å². The van der Waals surface area contributed by atoms with Crippen LogP contribution in [0.3, 0.4) is 0 Å². The first-order valence-corrected chi connectivity index (χ1v) is 4.61. The number of rotatable bonds is 1. The van der Waals surface area contributed by atoms with E-state index in [1.165, 1.54) is 12.1 Å². The van der Waals surface area contributed by atoms with Crippen LogP contribution in [-0.4, -0.2) is 12.9 Å². The van der Waals surface area contributed by atoms with Crippen LogP contribution in [0.4, 0.5) is 4.39 Å². The Morgan fingerprint density at radius 3 is 3.07 bits per heavy atom. The van der Waals surface area contributed by atoms with Gasteiger partial charge in [0.25, 0.3) is 0 Å².